The van der Waals surface area contributed by atoms with E-state index >= 15 is 0 Å². The Hall–Kier alpha value is -3.74. The number of aromatic nitrogens is 2. The summed E-state index contributed by atoms with van der Waals surface area (Å²) >= 11 is 0. The maximum Gasteiger partial charge on any atom is 0.416 e. The first-order valence-electron chi connectivity index (χ1n) is 15.3. The molecule has 1 aliphatic carbocycles. The van der Waals surface area contributed by atoms with Crippen LogP contribution < -0.4 is 14.8 Å². The van der Waals surface area contributed by atoms with Gasteiger partial charge in [0.05, 0.1) is 23.7 Å². The van der Waals surface area contributed by atoms with Crippen molar-refractivity contribution < 1.29 is 40.6 Å². The van der Waals surface area contributed by atoms with Crippen molar-refractivity contribution in [2.45, 2.75) is 77.5 Å². The third kappa shape index (κ3) is 8.15. The number of methoxy groups -OCH3 is 1. The van der Waals surface area contributed by atoms with E-state index in [9.17, 15) is 31.1 Å². The van der Waals surface area contributed by atoms with Gasteiger partial charge in [0.2, 0.25) is 5.91 Å². The number of aryl methyl sites for hydroxylation is 1. The van der Waals surface area contributed by atoms with Crippen molar-refractivity contribution in [1.82, 2.24) is 20.4 Å². The van der Waals surface area contributed by atoms with E-state index in [1.807, 2.05) is 38.1 Å². The molecule has 1 aromatic heterocycles. The summed E-state index contributed by atoms with van der Waals surface area (Å²) in [5.74, 6) is 1.23. The lowest BCUT2D eigenvalue weighted by Crippen LogP contribution is -2.48. The SMILES string of the molecule is COc1ccc(CN2CCC(CC3CC3)(C(=O)NCc3cc(C(F)(F)F)cc(C(F)(F)F)c3)CC2)cc1OC(C)c1cc(C)[nH]n1. The fraction of sp³-hybridized carbons (Fsp3) is 0.515. The molecule has 46 heavy (non-hydrogen) atoms. The van der Waals surface area contributed by atoms with Crippen LogP contribution >= 0.6 is 0 Å². The van der Waals surface area contributed by atoms with Gasteiger partial charge in [0, 0.05) is 18.8 Å². The van der Waals surface area contributed by atoms with Crippen LogP contribution in [0.5, 0.6) is 11.5 Å². The lowest BCUT2D eigenvalue weighted by molar-refractivity contribution is -0.143. The predicted octanol–water partition coefficient (Wildman–Crippen LogP) is 7.60. The van der Waals surface area contributed by atoms with Crippen LogP contribution in [0.15, 0.2) is 42.5 Å². The minimum Gasteiger partial charge on any atom is -0.493 e. The average Bonchev–Trinajstić information content (AvgIpc) is 3.71. The topological polar surface area (TPSA) is 79.5 Å². The molecule has 5 rings (SSSR count). The molecule has 1 saturated carbocycles. The van der Waals surface area contributed by atoms with Crippen molar-refractivity contribution in [3.05, 3.63) is 76.1 Å². The van der Waals surface area contributed by atoms with Crippen LogP contribution in [0.1, 0.15) is 78.8 Å². The average molecular weight is 653 g/mol. The summed E-state index contributed by atoms with van der Waals surface area (Å²) in [6, 6.07) is 9.06. The fourth-order valence-electron chi connectivity index (χ4n) is 6.10. The van der Waals surface area contributed by atoms with Crippen molar-refractivity contribution in [3.63, 3.8) is 0 Å². The Labute approximate surface area is 263 Å². The Morgan fingerprint density at radius 2 is 1.65 bits per heavy atom. The monoisotopic (exact) mass is 652 g/mol. The van der Waals surface area contributed by atoms with Gasteiger partial charge >= 0.3 is 12.4 Å². The van der Waals surface area contributed by atoms with Gasteiger partial charge in [-0.2, -0.15) is 31.4 Å². The highest BCUT2D eigenvalue weighted by Gasteiger charge is 2.45. The summed E-state index contributed by atoms with van der Waals surface area (Å²) in [4.78, 5) is 15.8. The molecule has 0 spiro atoms. The number of H-pyrrole nitrogens is 1. The largest absolute Gasteiger partial charge is 0.493 e. The molecule has 0 radical (unpaired) electrons. The molecule has 1 amide bonds. The van der Waals surface area contributed by atoms with E-state index in [1.54, 1.807) is 7.11 Å². The molecule has 13 heteroatoms. The van der Waals surface area contributed by atoms with Gasteiger partial charge in [0.15, 0.2) is 11.5 Å². The van der Waals surface area contributed by atoms with Crippen LogP contribution in [0.2, 0.25) is 0 Å². The molecule has 2 aliphatic rings. The molecule has 0 bridgehead atoms. The van der Waals surface area contributed by atoms with Gasteiger partial charge in [0.25, 0.3) is 0 Å². The van der Waals surface area contributed by atoms with E-state index in [1.165, 1.54) is 0 Å². The van der Waals surface area contributed by atoms with Crippen molar-refractivity contribution in [3.8, 4) is 11.5 Å². The summed E-state index contributed by atoms with van der Waals surface area (Å²) in [6.07, 6.45) is -6.50. The molecular formula is C33H38F6N4O3. The molecule has 2 aromatic carbocycles. The standard InChI is InChI=1S/C33H38F6N4O3/c1-20-12-27(42-41-20)21(2)46-29-15-23(6-7-28(29)45-3)19-43-10-8-31(9-11-43,17-22-4-5-22)30(44)40-18-24-13-25(32(34,35)36)16-26(14-24)33(37,38)39/h6-7,12-16,21-22H,4-5,8-11,17-19H2,1-3H3,(H,40,44)(H,41,42). The van der Waals surface area contributed by atoms with Gasteiger partial charge in [0.1, 0.15) is 11.8 Å². The van der Waals surface area contributed by atoms with E-state index in [0.717, 1.165) is 29.8 Å². The number of rotatable bonds is 11. The summed E-state index contributed by atoms with van der Waals surface area (Å²) in [5.41, 5.74) is -1.10. The second-order valence-electron chi connectivity index (χ2n) is 12.5. The highest BCUT2D eigenvalue weighted by Crippen LogP contribution is 2.46. The molecule has 1 saturated heterocycles. The summed E-state index contributed by atoms with van der Waals surface area (Å²) < 4.78 is 91.7. The number of amides is 1. The predicted molar refractivity (Wildman–Crippen MR) is 158 cm³/mol. The fourth-order valence-corrected chi connectivity index (χ4v) is 6.10. The maximum absolute atomic E-state index is 13.6. The summed E-state index contributed by atoms with van der Waals surface area (Å²) in [6.45, 7) is 5.20. The third-order valence-corrected chi connectivity index (χ3v) is 8.85. The van der Waals surface area contributed by atoms with Gasteiger partial charge in [-0.1, -0.05) is 18.9 Å². The van der Waals surface area contributed by atoms with Crippen LogP contribution in [0.3, 0.4) is 0 Å². The Bertz CT molecular complexity index is 1490. The Kier molecular flexibility index (Phi) is 9.63. The number of ether oxygens (including phenoxy) is 2. The number of aromatic amines is 1. The van der Waals surface area contributed by atoms with E-state index in [4.69, 9.17) is 9.47 Å². The van der Waals surface area contributed by atoms with Gasteiger partial charge in [-0.3, -0.25) is 14.8 Å². The summed E-state index contributed by atoms with van der Waals surface area (Å²) in [5, 5.41) is 9.87. The first-order valence-corrected chi connectivity index (χ1v) is 15.3. The molecule has 1 unspecified atom stereocenters. The van der Waals surface area contributed by atoms with Crippen LogP contribution in [-0.2, 0) is 30.2 Å². The second-order valence-corrected chi connectivity index (χ2v) is 12.5. The van der Waals surface area contributed by atoms with Gasteiger partial charge in [-0.05, 0) is 99.6 Å². The molecule has 2 N–H and O–H groups in total. The van der Waals surface area contributed by atoms with E-state index < -0.39 is 35.4 Å². The molecule has 3 aromatic rings. The molecule has 1 aliphatic heterocycles. The zero-order valence-corrected chi connectivity index (χ0v) is 25.9. The van der Waals surface area contributed by atoms with Crippen molar-refractivity contribution in [2.75, 3.05) is 20.2 Å². The zero-order valence-electron chi connectivity index (χ0n) is 25.9. The minimum atomic E-state index is -4.95. The Morgan fingerprint density at radius 1 is 1.00 bits per heavy atom. The number of likely N-dealkylation sites (tertiary alicyclic amines) is 1. The lowest BCUT2D eigenvalue weighted by Gasteiger charge is -2.41. The highest BCUT2D eigenvalue weighted by molar-refractivity contribution is 5.82. The number of benzene rings is 2. The molecule has 1 atom stereocenters. The molecular weight excluding hydrogens is 614 g/mol. The van der Waals surface area contributed by atoms with E-state index in [0.29, 0.717) is 68.4 Å². The third-order valence-electron chi connectivity index (χ3n) is 8.85. The van der Waals surface area contributed by atoms with Crippen molar-refractivity contribution in [1.29, 1.82) is 0 Å². The van der Waals surface area contributed by atoms with E-state index in [2.05, 4.69) is 20.4 Å². The number of piperidine rings is 1. The number of hydrogen-bond acceptors (Lipinski definition) is 5. The number of alkyl halides is 6. The van der Waals surface area contributed by atoms with Crippen molar-refractivity contribution >= 4 is 5.91 Å². The van der Waals surface area contributed by atoms with Crippen LogP contribution in [0.25, 0.3) is 0 Å². The number of halogens is 6. The van der Waals surface area contributed by atoms with Gasteiger partial charge in [-0.15, -0.1) is 0 Å². The Balaban J connectivity index is 1.24. The number of hydrogen-bond donors (Lipinski definition) is 2. The number of carbonyl (C=O) groups excluding carboxylic acids is 1. The first-order chi connectivity index (χ1) is 21.6. The maximum atomic E-state index is 13.6. The number of nitrogens with zero attached hydrogens (tertiary/aromatic N) is 2. The quantitative estimate of drug-likeness (QED) is 0.209. The number of carbonyl (C=O) groups is 1. The number of nitrogens with one attached hydrogen (secondary N) is 2. The first kappa shape index (κ1) is 33.6. The zero-order chi connectivity index (χ0) is 33.3. The molecule has 7 nitrogen and oxygen atoms in total. The highest BCUT2D eigenvalue weighted by atomic mass is 19.4. The van der Waals surface area contributed by atoms with E-state index in [-0.39, 0.29) is 23.6 Å². The van der Waals surface area contributed by atoms with Crippen LogP contribution in [0, 0.1) is 18.3 Å². The minimum absolute atomic E-state index is 0.0915. The normalized spacial score (nSPS) is 17.8. The molecule has 2 fully saturated rings. The van der Waals surface area contributed by atoms with Crippen LogP contribution in [-0.4, -0.2) is 41.2 Å². The lowest BCUT2D eigenvalue weighted by atomic mass is 9.73. The second kappa shape index (κ2) is 13.2. The van der Waals surface area contributed by atoms with Crippen LogP contribution in [0.4, 0.5) is 26.3 Å². The molecule has 2 heterocycles. The van der Waals surface area contributed by atoms with Gasteiger partial charge < -0.3 is 14.8 Å². The van der Waals surface area contributed by atoms with Gasteiger partial charge in [-0.25, -0.2) is 0 Å². The summed E-state index contributed by atoms with van der Waals surface area (Å²) in [7, 11) is 1.57. The smallest absolute Gasteiger partial charge is 0.416 e. The molecule has 250 valence electrons. The Morgan fingerprint density at radius 3 is 2.20 bits per heavy atom. The van der Waals surface area contributed by atoms with Crippen molar-refractivity contribution in [2.24, 2.45) is 11.3 Å².